The fourth-order valence-corrected chi connectivity index (χ4v) is 1.25. The van der Waals surface area contributed by atoms with Crippen molar-refractivity contribution in [3.63, 3.8) is 0 Å². The normalized spacial score (nSPS) is 18.6. The average Bonchev–Trinajstić information content (AvgIpc) is 1.83. The van der Waals surface area contributed by atoms with Crippen molar-refractivity contribution in [2.24, 2.45) is 17.3 Å². The van der Waals surface area contributed by atoms with Gasteiger partial charge in [-0.15, -0.1) is 11.6 Å². The van der Waals surface area contributed by atoms with E-state index >= 15 is 0 Å². The van der Waals surface area contributed by atoms with Crippen LogP contribution in [-0.2, 0) is 0 Å². The van der Waals surface area contributed by atoms with Gasteiger partial charge in [0.05, 0.1) is 0 Å². The number of hydrogen-bond acceptors (Lipinski definition) is 0. The van der Waals surface area contributed by atoms with Gasteiger partial charge in [0.2, 0.25) is 0 Å². The van der Waals surface area contributed by atoms with E-state index < -0.39 is 0 Å². The van der Waals surface area contributed by atoms with E-state index in [1.54, 1.807) is 0 Å². The predicted octanol–water partition coefficient (Wildman–Crippen LogP) is 3.54. The smallest absolute Gasteiger partial charge is 0.0251 e. The van der Waals surface area contributed by atoms with E-state index in [-0.39, 0.29) is 0 Å². The lowest BCUT2D eigenvalue weighted by atomic mass is 9.76. The summed E-state index contributed by atoms with van der Waals surface area (Å²) in [6.07, 6.45) is 0. The summed E-state index contributed by atoms with van der Waals surface area (Å²) < 4.78 is 0. The lowest BCUT2D eigenvalue weighted by Gasteiger charge is -2.31. The van der Waals surface area contributed by atoms with Crippen molar-refractivity contribution >= 4 is 11.6 Å². The zero-order chi connectivity index (χ0) is 8.36. The summed E-state index contributed by atoms with van der Waals surface area (Å²) >= 11 is 5.75. The third-order valence-corrected chi connectivity index (χ3v) is 2.95. The molecule has 0 radical (unpaired) electrons. The first-order valence-corrected chi connectivity index (χ1v) is 4.49. The second-order valence-electron chi connectivity index (χ2n) is 4.29. The number of alkyl halides is 1. The van der Waals surface area contributed by atoms with Gasteiger partial charge >= 0.3 is 0 Å². The highest BCUT2D eigenvalue weighted by Crippen LogP contribution is 2.31. The molecule has 0 aromatic carbocycles. The summed E-state index contributed by atoms with van der Waals surface area (Å²) in [6.45, 7) is 11.3. The standard InChI is InChI=1S/C9H19Cl/c1-7(6-10)8(2)9(3,4)5/h7-8H,6H2,1-5H3. The van der Waals surface area contributed by atoms with Gasteiger partial charge < -0.3 is 0 Å². The summed E-state index contributed by atoms with van der Waals surface area (Å²) in [5, 5.41) is 0. The van der Waals surface area contributed by atoms with E-state index in [9.17, 15) is 0 Å². The molecule has 1 heteroatoms. The molecule has 0 saturated heterocycles. The quantitative estimate of drug-likeness (QED) is 0.545. The van der Waals surface area contributed by atoms with Gasteiger partial charge in [0, 0.05) is 5.88 Å². The summed E-state index contributed by atoms with van der Waals surface area (Å²) in [6, 6.07) is 0. The van der Waals surface area contributed by atoms with Crippen molar-refractivity contribution in [3.8, 4) is 0 Å². The minimum atomic E-state index is 0.397. The van der Waals surface area contributed by atoms with Crippen LogP contribution in [0, 0.1) is 17.3 Å². The molecule has 0 aliphatic carbocycles. The Morgan fingerprint density at radius 3 is 1.70 bits per heavy atom. The first-order chi connectivity index (χ1) is 4.39. The van der Waals surface area contributed by atoms with Crippen LogP contribution in [0.25, 0.3) is 0 Å². The topological polar surface area (TPSA) is 0 Å². The summed E-state index contributed by atoms with van der Waals surface area (Å²) in [7, 11) is 0. The summed E-state index contributed by atoms with van der Waals surface area (Å²) in [5.74, 6) is 2.10. The molecular formula is C9H19Cl. The lowest BCUT2D eigenvalue weighted by molar-refractivity contribution is 0.201. The summed E-state index contributed by atoms with van der Waals surface area (Å²) in [5.41, 5.74) is 0.397. The van der Waals surface area contributed by atoms with Crippen molar-refractivity contribution in [1.29, 1.82) is 0 Å². The maximum Gasteiger partial charge on any atom is 0.0251 e. The average molecular weight is 163 g/mol. The molecule has 0 saturated carbocycles. The highest BCUT2D eigenvalue weighted by atomic mass is 35.5. The Bertz CT molecular complexity index is 91.4. The zero-order valence-corrected chi connectivity index (χ0v) is 8.50. The molecule has 0 rings (SSSR count). The van der Waals surface area contributed by atoms with Gasteiger partial charge in [-0.3, -0.25) is 0 Å². The molecule has 0 aromatic heterocycles. The highest BCUT2D eigenvalue weighted by molar-refractivity contribution is 6.18. The van der Waals surface area contributed by atoms with Crippen LogP contribution in [0.4, 0.5) is 0 Å². The van der Waals surface area contributed by atoms with Crippen LogP contribution < -0.4 is 0 Å². The van der Waals surface area contributed by atoms with E-state index in [2.05, 4.69) is 34.6 Å². The van der Waals surface area contributed by atoms with Crippen LogP contribution in [0.3, 0.4) is 0 Å². The Kier molecular flexibility index (Phi) is 3.72. The molecule has 0 amide bonds. The minimum absolute atomic E-state index is 0.397. The molecule has 0 fully saturated rings. The Morgan fingerprint density at radius 1 is 1.20 bits per heavy atom. The molecule has 2 atom stereocenters. The molecule has 0 aromatic rings. The number of rotatable bonds is 2. The fourth-order valence-electron chi connectivity index (χ4n) is 0.987. The first-order valence-electron chi connectivity index (χ1n) is 3.95. The largest absolute Gasteiger partial charge is 0.126 e. The summed E-state index contributed by atoms with van der Waals surface area (Å²) in [4.78, 5) is 0. The van der Waals surface area contributed by atoms with E-state index in [4.69, 9.17) is 11.6 Å². The van der Waals surface area contributed by atoms with E-state index in [1.165, 1.54) is 0 Å². The van der Waals surface area contributed by atoms with Crippen LogP contribution in [-0.4, -0.2) is 5.88 Å². The molecule has 62 valence electrons. The van der Waals surface area contributed by atoms with Crippen molar-refractivity contribution in [3.05, 3.63) is 0 Å². The van der Waals surface area contributed by atoms with Crippen LogP contribution in [0.5, 0.6) is 0 Å². The van der Waals surface area contributed by atoms with Gasteiger partial charge in [-0.05, 0) is 17.3 Å². The predicted molar refractivity (Wildman–Crippen MR) is 48.5 cm³/mol. The van der Waals surface area contributed by atoms with E-state index in [0.717, 1.165) is 5.88 Å². The zero-order valence-electron chi connectivity index (χ0n) is 7.74. The van der Waals surface area contributed by atoms with Gasteiger partial charge in [-0.2, -0.15) is 0 Å². The molecule has 0 nitrogen and oxygen atoms in total. The van der Waals surface area contributed by atoms with Gasteiger partial charge in [-0.25, -0.2) is 0 Å². The Hall–Kier alpha value is 0.290. The Morgan fingerprint density at radius 2 is 1.60 bits per heavy atom. The van der Waals surface area contributed by atoms with E-state index in [1.807, 2.05) is 0 Å². The SMILES string of the molecule is CC(CCl)C(C)C(C)(C)C. The van der Waals surface area contributed by atoms with Gasteiger partial charge in [-0.1, -0.05) is 34.6 Å². The van der Waals surface area contributed by atoms with Gasteiger partial charge in [0.25, 0.3) is 0 Å². The van der Waals surface area contributed by atoms with E-state index in [0.29, 0.717) is 17.3 Å². The molecule has 0 aliphatic rings. The lowest BCUT2D eigenvalue weighted by Crippen LogP contribution is -2.24. The van der Waals surface area contributed by atoms with Crippen LogP contribution >= 0.6 is 11.6 Å². The van der Waals surface area contributed by atoms with Crippen molar-refractivity contribution < 1.29 is 0 Å². The van der Waals surface area contributed by atoms with Crippen LogP contribution in [0.1, 0.15) is 34.6 Å². The van der Waals surface area contributed by atoms with Gasteiger partial charge in [0.1, 0.15) is 0 Å². The maximum absolute atomic E-state index is 5.75. The molecule has 0 N–H and O–H groups in total. The van der Waals surface area contributed by atoms with Crippen LogP contribution in [0.15, 0.2) is 0 Å². The number of halogens is 1. The minimum Gasteiger partial charge on any atom is -0.126 e. The van der Waals surface area contributed by atoms with Crippen molar-refractivity contribution in [1.82, 2.24) is 0 Å². The second-order valence-corrected chi connectivity index (χ2v) is 4.59. The molecular weight excluding hydrogens is 144 g/mol. The van der Waals surface area contributed by atoms with Crippen LogP contribution in [0.2, 0.25) is 0 Å². The van der Waals surface area contributed by atoms with Crippen molar-refractivity contribution in [2.75, 3.05) is 5.88 Å². The first kappa shape index (κ1) is 10.3. The van der Waals surface area contributed by atoms with Gasteiger partial charge in [0.15, 0.2) is 0 Å². The van der Waals surface area contributed by atoms with Crippen molar-refractivity contribution in [2.45, 2.75) is 34.6 Å². The third kappa shape index (κ3) is 2.92. The third-order valence-electron chi connectivity index (χ3n) is 2.46. The molecule has 0 aliphatic heterocycles. The molecule has 0 bridgehead atoms. The Balaban J connectivity index is 3.94. The Labute approximate surface area is 70.0 Å². The maximum atomic E-state index is 5.75. The highest BCUT2D eigenvalue weighted by Gasteiger charge is 2.24. The fraction of sp³-hybridized carbons (Fsp3) is 1.00. The second kappa shape index (κ2) is 3.61. The monoisotopic (exact) mass is 162 g/mol. The molecule has 10 heavy (non-hydrogen) atoms. The number of hydrogen-bond donors (Lipinski definition) is 0. The molecule has 0 heterocycles. The molecule has 2 unspecified atom stereocenters. The molecule has 0 spiro atoms.